The zero-order valence-electron chi connectivity index (χ0n) is 15.3. The summed E-state index contributed by atoms with van der Waals surface area (Å²) in [5.74, 6) is -0.353. The molecular formula is C20H24N2O2S2. The topological polar surface area (TPSA) is 41.6 Å². The Bertz CT molecular complexity index is 778. The van der Waals surface area contributed by atoms with E-state index in [1.54, 1.807) is 0 Å². The van der Waals surface area contributed by atoms with Crippen LogP contribution in [0.5, 0.6) is 0 Å². The van der Waals surface area contributed by atoms with Crippen LogP contribution in [0.4, 0.5) is 5.00 Å². The zero-order valence-corrected chi connectivity index (χ0v) is 17.0. The van der Waals surface area contributed by atoms with Crippen LogP contribution in [-0.4, -0.2) is 35.2 Å². The Labute approximate surface area is 164 Å². The normalized spacial score (nSPS) is 19.9. The highest BCUT2D eigenvalue weighted by atomic mass is 32.1. The summed E-state index contributed by atoms with van der Waals surface area (Å²) in [5, 5.41) is 4.74. The van der Waals surface area contributed by atoms with E-state index < -0.39 is 0 Å². The molecule has 0 amide bonds. The molecule has 138 valence electrons. The molecule has 1 aromatic heterocycles. The van der Waals surface area contributed by atoms with Gasteiger partial charge >= 0.3 is 5.97 Å². The van der Waals surface area contributed by atoms with Gasteiger partial charge in [0.1, 0.15) is 5.00 Å². The molecule has 6 heteroatoms. The molecule has 0 bridgehead atoms. The Hall–Kier alpha value is -1.92. The zero-order chi connectivity index (χ0) is 18.7. The highest BCUT2D eigenvalue weighted by Gasteiger charge is 2.28. The van der Waals surface area contributed by atoms with E-state index in [0.717, 1.165) is 28.3 Å². The van der Waals surface area contributed by atoms with Crippen molar-refractivity contribution in [1.29, 1.82) is 0 Å². The fourth-order valence-corrected chi connectivity index (χ4v) is 5.05. The largest absolute Gasteiger partial charge is 0.465 e. The Morgan fingerprint density at radius 1 is 1.23 bits per heavy atom. The van der Waals surface area contributed by atoms with Crippen LogP contribution in [0, 0.1) is 0 Å². The highest BCUT2D eigenvalue weighted by molar-refractivity contribution is 7.80. The number of nitrogens with one attached hydrogen (secondary N) is 1. The van der Waals surface area contributed by atoms with Crippen LogP contribution < -0.4 is 5.32 Å². The van der Waals surface area contributed by atoms with Crippen molar-refractivity contribution in [3.63, 3.8) is 0 Å². The number of thiophene rings is 1. The lowest BCUT2D eigenvalue weighted by Crippen LogP contribution is -2.49. The average molecular weight is 389 g/mol. The number of methoxy groups -OCH3 is 1. The lowest BCUT2D eigenvalue weighted by atomic mass is 9.98. The fourth-order valence-electron chi connectivity index (χ4n) is 3.47. The van der Waals surface area contributed by atoms with Crippen LogP contribution >= 0.6 is 23.6 Å². The van der Waals surface area contributed by atoms with Crippen LogP contribution in [0.3, 0.4) is 0 Å². The van der Waals surface area contributed by atoms with Crippen molar-refractivity contribution in [2.24, 2.45) is 0 Å². The summed E-state index contributed by atoms with van der Waals surface area (Å²) >= 11 is 7.21. The number of ether oxygens (including phenoxy) is 1. The molecule has 4 nitrogen and oxygen atoms in total. The maximum atomic E-state index is 12.3. The van der Waals surface area contributed by atoms with Crippen molar-refractivity contribution in [3.05, 3.63) is 42.0 Å². The second-order valence-corrected chi connectivity index (χ2v) is 8.12. The van der Waals surface area contributed by atoms with Crippen molar-refractivity contribution >= 4 is 39.6 Å². The van der Waals surface area contributed by atoms with E-state index in [4.69, 9.17) is 17.0 Å². The second kappa shape index (κ2) is 8.18. The predicted octanol–water partition coefficient (Wildman–Crippen LogP) is 5.16. The lowest BCUT2D eigenvalue weighted by molar-refractivity contribution is 0.0602. The number of hydrogen-bond donors (Lipinski definition) is 1. The molecular weight excluding hydrogens is 364 g/mol. The average Bonchev–Trinajstić information content (AvgIpc) is 3.05. The van der Waals surface area contributed by atoms with E-state index >= 15 is 0 Å². The van der Waals surface area contributed by atoms with Gasteiger partial charge in [0.2, 0.25) is 0 Å². The minimum absolute atomic E-state index is 0.353. The maximum Gasteiger partial charge on any atom is 0.340 e. The van der Waals surface area contributed by atoms with Gasteiger partial charge in [-0.2, -0.15) is 0 Å². The molecule has 0 unspecified atom stereocenters. The third-order valence-electron chi connectivity index (χ3n) is 4.84. The molecule has 2 atom stereocenters. The molecule has 1 aliphatic rings. The Morgan fingerprint density at radius 2 is 1.88 bits per heavy atom. The van der Waals surface area contributed by atoms with Crippen LogP contribution in [0.15, 0.2) is 36.4 Å². The number of thiocarbonyl (C=S) groups is 1. The third kappa shape index (κ3) is 3.91. The van der Waals surface area contributed by atoms with E-state index in [-0.39, 0.29) is 5.97 Å². The Morgan fingerprint density at radius 3 is 2.50 bits per heavy atom. The Balaban J connectivity index is 1.89. The van der Waals surface area contributed by atoms with Crippen molar-refractivity contribution in [3.8, 4) is 10.4 Å². The van der Waals surface area contributed by atoms with Crippen LogP contribution in [0.25, 0.3) is 10.4 Å². The molecule has 26 heavy (non-hydrogen) atoms. The molecule has 1 N–H and O–H groups in total. The molecule has 1 aromatic carbocycles. The van der Waals surface area contributed by atoms with Crippen molar-refractivity contribution in [2.45, 2.75) is 45.2 Å². The first-order chi connectivity index (χ1) is 12.5. The van der Waals surface area contributed by atoms with Crippen LogP contribution in [0.1, 0.15) is 43.5 Å². The van der Waals surface area contributed by atoms with E-state index in [9.17, 15) is 4.79 Å². The molecule has 2 aromatic rings. The van der Waals surface area contributed by atoms with Gasteiger partial charge in [-0.15, -0.1) is 11.3 Å². The summed E-state index contributed by atoms with van der Waals surface area (Å²) < 4.78 is 4.97. The van der Waals surface area contributed by atoms with Crippen molar-refractivity contribution in [2.75, 3.05) is 12.4 Å². The van der Waals surface area contributed by atoms with E-state index in [0.29, 0.717) is 22.8 Å². The number of carbonyl (C=O) groups is 1. The SMILES string of the molecule is COC(=O)c1cc(-c2ccccc2)sc1NC(=S)N1[C@H](C)CCC[C@@H]1C. The predicted molar refractivity (Wildman–Crippen MR) is 112 cm³/mol. The molecule has 0 saturated carbocycles. The number of esters is 1. The van der Waals surface area contributed by atoms with Gasteiger partial charge < -0.3 is 15.0 Å². The second-order valence-electron chi connectivity index (χ2n) is 6.68. The van der Waals surface area contributed by atoms with Crippen molar-refractivity contribution < 1.29 is 9.53 Å². The maximum absolute atomic E-state index is 12.3. The number of likely N-dealkylation sites (tertiary alicyclic amines) is 1. The summed E-state index contributed by atoms with van der Waals surface area (Å²) in [4.78, 5) is 15.5. The number of benzene rings is 1. The number of hydrogen-bond acceptors (Lipinski definition) is 4. The van der Waals surface area contributed by atoms with Crippen molar-refractivity contribution in [1.82, 2.24) is 4.90 Å². The molecule has 1 aliphatic heterocycles. The van der Waals surface area contributed by atoms with Gasteiger partial charge in [0.15, 0.2) is 5.11 Å². The molecule has 1 fully saturated rings. The molecule has 0 aliphatic carbocycles. The molecule has 3 rings (SSSR count). The van der Waals surface area contributed by atoms with Gasteiger partial charge in [-0.05, 0) is 57.0 Å². The lowest BCUT2D eigenvalue weighted by Gasteiger charge is -2.40. The minimum atomic E-state index is -0.353. The van der Waals surface area contributed by atoms with E-state index in [1.807, 2.05) is 36.4 Å². The molecule has 0 radical (unpaired) electrons. The summed E-state index contributed by atoms with van der Waals surface area (Å²) in [6.45, 7) is 4.41. The van der Waals surface area contributed by atoms with Crippen LogP contribution in [0.2, 0.25) is 0 Å². The summed E-state index contributed by atoms with van der Waals surface area (Å²) in [7, 11) is 1.40. The van der Waals surface area contributed by atoms with E-state index in [1.165, 1.54) is 24.9 Å². The third-order valence-corrected chi connectivity index (χ3v) is 6.26. The van der Waals surface area contributed by atoms with Crippen LogP contribution in [-0.2, 0) is 4.74 Å². The summed E-state index contributed by atoms with van der Waals surface area (Å²) in [6, 6.07) is 12.7. The monoisotopic (exact) mass is 388 g/mol. The van der Waals surface area contributed by atoms with Gasteiger partial charge in [-0.1, -0.05) is 30.3 Å². The number of carbonyl (C=O) groups excluding carboxylic acids is 1. The minimum Gasteiger partial charge on any atom is -0.465 e. The molecule has 0 spiro atoms. The summed E-state index contributed by atoms with van der Waals surface area (Å²) in [6.07, 6.45) is 3.50. The first kappa shape index (κ1) is 18.9. The van der Waals surface area contributed by atoms with Gasteiger partial charge in [0.25, 0.3) is 0 Å². The fraction of sp³-hybridized carbons (Fsp3) is 0.400. The number of anilines is 1. The quantitative estimate of drug-likeness (QED) is 0.581. The standard InChI is InChI=1S/C20H24N2O2S2/c1-13-8-7-9-14(2)22(13)20(25)21-18-16(19(23)24-3)12-17(26-18)15-10-5-4-6-11-15/h4-6,10-14H,7-9H2,1-3H3,(H,21,25)/t13-,14+. The molecule has 2 heterocycles. The molecule has 1 saturated heterocycles. The van der Waals surface area contributed by atoms with Gasteiger partial charge in [0, 0.05) is 17.0 Å². The highest BCUT2D eigenvalue weighted by Crippen LogP contribution is 2.36. The Kier molecular flexibility index (Phi) is 5.94. The summed E-state index contributed by atoms with van der Waals surface area (Å²) in [5.41, 5.74) is 1.59. The smallest absolute Gasteiger partial charge is 0.340 e. The van der Waals surface area contributed by atoms with E-state index in [2.05, 4.69) is 24.1 Å². The first-order valence-electron chi connectivity index (χ1n) is 8.88. The number of rotatable bonds is 3. The number of nitrogens with zero attached hydrogens (tertiary/aromatic N) is 1. The van der Waals surface area contributed by atoms with Gasteiger partial charge in [-0.25, -0.2) is 4.79 Å². The first-order valence-corrected chi connectivity index (χ1v) is 10.1. The number of piperidine rings is 1. The van der Waals surface area contributed by atoms with Gasteiger partial charge in [-0.3, -0.25) is 0 Å². The van der Waals surface area contributed by atoms with Gasteiger partial charge in [0.05, 0.1) is 12.7 Å².